The number of hydrogen-bond donors (Lipinski definition) is 1. The lowest BCUT2D eigenvalue weighted by molar-refractivity contribution is -0.220. The number of halogens is 4. The van der Waals surface area contributed by atoms with Gasteiger partial charge in [0.1, 0.15) is 4.87 Å². The standard InChI is InChI=1S/C9H10Cl4O3/c1-15-9(16-2)7(12)3-4(14)8(9,13)6(11)5(7)10/h4,14H,3H2,1-2H3. The van der Waals surface area contributed by atoms with Crippen molar-refractivity contribution in [1.82, 2.24) is 0 Å². The van der Waals surface area contributed by atoms with Crippen molar-refractivity contribution in [2.75, 3.05) is 14.2 Å². The molecule has 16 heavy (non-hydrogen) atoms. The number of ether oxygens (including phenoxy) is 2. The van der Waals surface area contributed by atoms with Crippen molar-refractivity contribution in [1.29, 1.82) is 0 Å². The molecule has 1 fully saturated rings. The summed E-state index contributed by atoms with van der Waals surface area (Å²) in [6.07, 6.45) is -0.865. The van der Waals surface area contributed by atoms with Crippen LogP contribution >= 0.6 is 46.4 Å². The molecule has 0 aromatic rings. The monoisotopic (exact) mass is 306 g/mol. The summed E-state index contributed by atoms with van der Waals surface area (Å²) < 4.78 is 10.6. The molecule has 3 unspecified atom stereocenters. The van der Waals surface area contributed by atoms with Crippen molar-refractivity contribution in [2.45, 2.75) is 28.1 Å². The first kappa shape index (κ1) is 13.2. The minimum absolute atomic E-state index is 0.0771. The molecule has 0 aromatic carbocycles. The fourth-order valence-corrected chi connectivity index (χ4v) is 4.55. The maximum atomic E-state index is 9.98. The van der Waals surface area contributed by atoms with Crippen molar-refractivity contribution in [3.8, 4) is 0 Å². The summed E-state index contributed by atoms with van der Waals surface area (Å²) in [6, 6.07) is 0. The summed E-state index contributed by atoms with van der Waals surface area (Å²) >= 11 is 24.8. The highest BCUT2D eigenvalue weighted by atomic mass is 35.5. The SMILES string of the molecule is COC1(OC)C2(Cl)CC(O)C1(Cl)C(Cl)=C2Cl. The molecular formula is C9H10Cl4O3. The van der Waals surface area contributed by atoms with Gasteiger partial charge >= 0.3 is 0 Å². The third kappa shape index (κ3) is 1.05. The minimum Gasteiger partial charge on any atom is -0.391 e. The van der Waals surface area contributed by atoms with Crippen LogP contribution in [-0.2, 0) is 9.47 Å². The first-order valence-electron chi connectivity index (χ1n) is 4.54. The van der Waals surface area contributed by atoms with Gasteiger partial charge in [0, 0.05) is 20.6 Å². The van der Waals surface area contributed by atoms with E-state index in [-0.39, 0.29) is 16.5 Å². The molecule has 0 aromatic heterocycles. The highest BCUT2D eigenvalue weighted by molar-refractivity contribution is 6.52. The Morgan fingerprint density at radius 1 is 1.19 bits per heavy atom. The van der Waals surface area contributed by atoms with Crippen LogP contribution < -0.4 is 0 Å². The number of rotatable bonds is 2. The van der Waals surface area contributed by atoms with Gasteiger partial charge in [0.15, 0.2) is 4.87 Å². The summed E-state index contributed by atoms with van der Waals surface area (Å²) in [6.45, 7) is 0. The molecular weight excluding hydrogens is 298 g/mol. The molecule has 1 N–H and O–H groups in total. The Balaban J connectivity index is 2.70. The number of aliphatic hydroxyl groups excluding tert-OH is 1. The maximum absolute atomic E-state index is 9.98. The Kier molecular flexibility index (Phi) is 3.01. The van der Waals surface area contributed by atoms with Gasteiger partial charge in [-0.1, -0.05) is 23.2 Å². The van der Waals surface area contributed by atoms with Crippen LogP contribution in [0.25, 0.3) is 0 Å². The lowest BCUT2D eigenvalue weighted by atomic mass is 10.0. The number of fused-ring (bicyclic) bond motifs is 2. The Hall–Kier alpha value is 0.780. The van der Waals surface area contributed by atoms with Gasteiger partial charge in [0.25, 0.3) is 0 Å². The average Bonchev–Trinajstić information content (AvgIpc) is 2.50. The Morgan fingerprint density at radius 3 is 2.00 bits per heavy atom. The first-order valence-corrected chi connectivity index (χ1v) is 6.05. The second kappa shape index (κ2) is 3.64. The van der Waals surface area contributed by atoms with Crippen molar-refractivity contribution in [3.05, 3.63) is 10.1 Å². The molecule has 0 amide bonds. The third-order valence-corrected chi connectivity index (χ3v) is 5.94. The third-order valence-electron chi connectivity index (χ3n) is 3.37. The zero-order chi connectivity index (χ0) is 12.4. The fourth-order valence-electron chi connectivity index (χ4n) is 2.61. The van der Waals surface area contributed by atoms with Crippen LogP contribution in [0.4, 0.5) is 0 Å². The van der Waals surface area contributed by atoms with Crippen molar-refractivity contribution < 1.29 is 14.6 Å². The molecule has 92 valence electrons. The lowest BCUT2D eigenvalue weighted by Gasteiger charge is -2.40. The zero-order valence-electron chi connectivity index (χ0n) is 8.56. The van der Waals surface area contributed by atoms with Crippen LogP contribution in [0.1, 0.15) is 6.42 Å². The van der Waals surface area contributed by atoms with E-state index in [0.717, 1.165) is 0 Å². The van der Waals surface area contributed by atoms with Crippen LogP contribution in [0.3, 0.4) is 0 Å². The normalized spacial score (nSPS) is 45.6. The Morgan fingerprint density at radius 2 is 1.69 bits per heavy atom. The summed E-state index contributed by atoms with van der Waals surface area (Å²) in [4.78, 5) is -2.72. The van der Waals surface area contributed by atoms with Crippen molar-refractivity contribution in [3.63, 3.8) is 0 Å². The quantitative estimate of drug-likeness (QED) is 0.629. The molecule has 0 heterocycles. The molecule has 2 aliphatic carbocycles. The molecule has 2 bridgehead atoms. The molecule has 7 heteroatoms. The zero-order valence-corrected chi connectivity index (χ0v) is 11.6. The smallest absolute Gasteiger partial charge is 0.219 e. The average molecular weight is 308 g/mol. The van der Waals surface area contributed by atoms with E-state index >= 15 is 0 Å². The van der Waals surface area contributed by atoms with Gasteiger partial charge in [-0.3, -0.25) is 0 Å². The Labute approximate surface area is 113 Å². The van der Waals surface area contributed by atoms with Crippen LogP contribution in [0, 0.1) is 0 Å². The van der Waals surface area contributed by atoms with Gasteiger partial charge in [-0.2, -0.15) is 0 Å². The van der Waals surface area contributed by atoms with E-state index in [1.54, 1.807) is 0 Å². The van der Waals surface area contributed by atoms with Gasteiger partial charge in [0.2, 0.25) is 5.79 Å². The van der Waals surface area contributed by atoms with Gasteiger partial charge in [-0.05, 0) is 0 Å². The molecule has 2 rings (SSSR count). The largest absolute Gasteiger partial charge is 0.391 e. The summed E-state index contributed by atoms with van der Waals surface area (Å²) in [5.41, 5.74) is 0. The predicted molar refractivity (Wildman–Crippen MR) is 63.3 cm³/mol. The van der Waals surface area contributed by atoms with Crippen molar-refractivity contribution in [2.24, 2.45) is 0 Å². The molecule has 3 nitrogen and oxygen atoms in total. The van der Waals surface area contributed by atoms with E-state index < -0.39 is 21.6 Å². The molecule has 0 saturated heterocycles. The van der Waals surface area contributed by atoms with E-state index in [1.165, 1.54) is 14.2 Å². The number of hydrogen-bond acceptors (Lipinski definition) is 3. The molecule has 0 aliphatic heterocycles. The predicted octanol–water partition coefficient (Wildman–Crippen LogP) is 2.40. The first-order chi connectivity index (χ1) is 7.31. The van der Waals surface area contributed by atoms with E-state index in [0.29, 0.717) is 0 Å². The summed E-state index contributed by atoms with van der Waals surface area (Å²) in [5.74, 6) is -1.46. The van der Waals surface area contributed by atoms with Gasteiger partial charge in [0.05, 0.1) is 16.2 Å². The topological polar surface area (TPSA) is 38.7 Å². The molecule has 0 radical (unpaired) electrons. The van der Waals surface area contributed by atoms with Crippen molar-refractivity contribution >= 4 is 46.4 Å². The van der Waals surface area contributed by atoms with Crippen LogP contribution in [-0.4, -0.2) is 41.0 Å². The molecule has 0 spiro atoms. The molecule has 1 saturated carbocycles. The van der Waals surface area contributed by atoms with E-state index in [9.17, 15) is 5.11 Å². The number of methoxy groups -OCH3 is 2. The summed E-state index contributed by atoms with van der Waals surface area (Å²) in [7, 11) is 2.77. The fraction of sp³-hybridized carbons (Fsp3) is 0.778. The number of aliphatic hydroxyl groups is 1. The van der Waals surface area contributed by atoms with E-state index in [1.807, 2.05) is 0 Å². The van der Waals surface area contributed by atoms with Crippen LogP contribution in [0.15, 0.2) is 10.1 Å². The summed E-state index contributed by atoms with van der Waals surface area (Å²) in [5, 5.41) is 10.2. The lowest BCUT2D eigenvalue weighted by Crippen LogP contribution is -2.57. The Bertz CT molecular complexity index is 368. The number of alkyl halides is 2. The van der Waals surface area contributed by atoms with Crippen LogP contribution in [0.5, 0.6) is 0 Å². The second-order valence-corrected chi connectivity index (χ2v) is 5.88. The minimum atomic E-state index is -1.46. The van der Waals surface area contributed by atoms with Gasteiger partial charge < -0.3 is 14.6 Å². The molecule has 2 aliphatic rings. The van der Waals surface area contributed by atoms with E-state index in [2.05, 4.69) is 0 Å². The van der Waals surface area contributed by atoms with Crippen LogP contribution in [0.2, 0.25) is 0 Å². The van der Waals surface area contributed by atoms with Gasteiger partial charge in [-0.25, -0.2) is 0 Å². The van der Waals surface area contributed by atoms with E-state index in [4.69, 9.17) is 55.9 Å². The second-order valence-electron chi connectivity index (χ2n) is 3.89. The maximum Gasteiger partial charge on any atom is 0.219 e. The molecule has 3 atom stereocenters. The highest BCUT2D eigenvalue weighted by Gasteiger charge is 2.81. The highest BCUT2D eigenvalue weighted by Crippen LogP contribution is 2.69. The van der Waals surface area contributed by atoms with Gasteiger partial charge in [-0.15, -0.1) is 23.2 Å².